The summed E-state index contributed by atoms with van der Waals surface area (Å²) in [5.74, 6) is -1.56. The highest BCUT2D eigenvalue weighted by atomic mass is 19.1. The van der Waals surface area contributed by atoms with Crippen molar-refractivity contribution in [3.8, 4) is 0 Å². The van der Waals surface area contributed by atoms with Crippen molar-refractivity contribution in [3.63, 3.8) is 0 Å². The maximum atomic E-state index is 13.5. The molecule has 0 saturated carbocycles. The molecule has 1 rings (SSSR count). The van der Waals surface area contributed by atoms with Gasteiger partial charge in [0, 0.05) is 19.3 Å². The molecule has 2 amide bonds. The fraction of sp³-hybridized carbons (Fsp3) is 0.385. The maximum Gasteiger partial charge on any atom is 0.254 e. The third kappa shape index (κ3) is 3.67. The first-order chi connectivity index (χ1) is 8.86. The van der Waals surface area contributed by atoms with Crippen molar-refractivity contribution in [2.24, 2.45) is 0 Å². The van der Waals surface area contributed by atoms with E-state index in [-0.39, 0.29) is 17.2 Å². The first kappa shape index (κ1) is 14.9. The Hall–Kier alpha value is -2.11. The third-order valence-corrected chi connectivity index (χ3v) is 2.80. The van der Waals surface area contributed by atoms with E-state index in [0.29, 0.717) is 6.54 Å². The van der Waals surface area contributed by atoms with E-state index in [4.69, 9.17) is 5.73 Å². The van der Waals surface area contributed by atoms with Gasteiger partial charge < -0.3 is 16.0 Å². The molecule has 0 saturated heterocycles. The van der Waals surface area contributed by atoms with Crippen LogP contribution in [-0.4, -0.2) is 36.3 Å². The zero-order valence-corrected chi connectivity index (χ0v) is 11.2. The number of hydrogen-bond acceptors (Lipinski definition) is 3. The van der Waals surface area contributed by atoms with E-state index < -0.39 is 17.8 Å². The molecule has 0 spiro atoms. The first-order valence-corrected chi connectivity index (χ1v) is 5.97. The number of nitrogens with two attached hydrogens (primary N) is 1. The Bertz CT molecular complexity index is 491. The Morgan fingerprint density at radius 3 is 2.68 bits per heavy atom. The second kappa shape index (κ2) is 6.17. The minimum atomic E-state index is -0.724. The van der Waals surface area contributed by atoms with Crippen LogP contribution in [0.2, 0.25) is 0 Å². The van der Waals surface area contributed by atoms with Gasteiger partial charge in [0.2, 0.25) is 5.91 Å². The van der Waals surface area contributed by atoms with Gasteiger partial charge in [-0.2, -0.15) is 0 Å². The van der Waals surface area contributed by atoms with Gasteiger partial charge in [0.25, 0.3) is 5.91 Å². The van der Waals surface area contributed by atoms with Crippen LogP contribution < -0.4 is 11.1 Å². The highest BCUT2D eigenvalue weighted by Crippen LogP contribution is 2.12. The minimum Gasteiger partial charge on any atom is -0.399 e. The van der Waals surface area contributed by atoms with Crippen LogP contribution in [0.5, 0.6) is 0 Å². The maximum absolute atomic E-state index is 13.5. The fourth-order valence-electron chi connectivity index (χ4n) is 1.54. The SMILES string of the molecule is CCN(C)C(=O)C(C)NC(=O)c1cc(N)ccc1F. The standard InChI is InChI=1S/C13H18FN3O2/c1-4-17(3)13(19)8(2)16-12(18)10-7-9(15)5-6-11(10)14/h5-8H,4,15H2,1-3H3,(H,16,18). The molecule has 1 atom stereocenters. The van der Waals surface area contributed by atoms with Crippen LogP contribution in [0.15, 0.2) is 18.2 Å². The molecule has 0 aliphatic heterocycles. The van der Waals surface area contributed by atoms with Gasteiger partial charge in [-0.1, -0.05) is 0 Å². The summed E-state index contributed by atoms with van der Waals surface area (Å²) in [6, 6.07) is 3.00. The van der Waals surface area contributed by atoms with Crippen molar-refractivity contribution < 1.29 is 14.0 Å². The topological polar surface area (TPSA) is 75.4 Å². The lowest BCUT2D eigenvalue weighted by Crippen LogP contribution is -2.45. The Kier molecular flexibility index (Phi) is 4.86. The van der Waals surface area contributed by atoms with Crippen LogP contribution in [-0.2, 0) is 4.79 Å². The number of amides is 2. The third-order valence-electron chi connectivity index (χ3n) is 2.80. The molecule has 3 N–H and O–H groups in total. The van der Waals surface area contributed by atoms with Crippen LogP contribution >= 0.6 is 0 Å². The minimum absolute atomic E-state index is 0.168. The fourth-order valence-corrected chi connectivity index (χ4v) is 1.54. The van der Waals surface area contributed by atoms with E-state index in [0.717, 1.165) is 6.07 Å². The van der Waals surface area contributed by atoms with Gasteiger partial charge >= 0.3 is 0 Å². The molecule has 0 fully saturated rings. The summed E-state index contributed by atoms with van der Waals surface area (Å²) in [7, 11) is 1.63. The molecule has 104 valence electrons. The number of likely N-dealkylation sites (N-methyl/N-ethyl adjacent to an activating group) is 1. The van der Waals surface area contributed by atoms with Crippen LogP contribution in [0, 0.1) is 5.82 Å². The molecule has 1 unspecified atom stereocenters. The summed E-state index contributed by atoms with van der Waals surface area (Å²) in [5, 5.41) is 2.45. The van der Waals surface area contributed by atoms with Crippen LogP contribution in [0.3, 0.4) is 0 Å². The molecule has 1 aromatic rings. The number of anilines is 1. The Morgan fingerprint density at radius 2 is 2.11 bits per heavy atom. The lowest BCUT2D eigenvalue weighted by molar-refractivity contribution is -0.131. The van der Waals surface area contributed by atoms with E-state index in [1.807, 2.05) is 6.92 Å². The second-order valence-electron chi connectivity index (χ2n) is 4.29. The lowest BCUT2D eigenvalue weighted by Gasteiger charge is -2.20. The number of benzene rings is 1. The molecule has 0 aromatic heterocycles. The number of halogens is 1. The average molecular weight is 267 g/mol. The Morgan fingerprint density at radius 1 is 1.47 bits per heavy atom. The van der Waals surface area contributed by atoms with Crippen molar-refractivity contribution in [2.75, 3.05) is 19.3 Å². The molecule has 0 aliphatic rings. The molecule has 19 heavy (non-hydrogen) atoms. The Balaban J connectivity index is 2.80. The van der Waals surface area contributed by atoms with Crippen LogP contribution in [0.25, 0.3) is 0 Å². The quantitative estimate of drug-likeness (QED) is 0.799. The second-order valence-corrected chi connectivity index (χ2v) is 4.29. The molecule has 0 bridgehead atoms. The number of carbonyl (C=O) groups is 2. The van der Waals surface area contributed by atoms with Gasteiger partial charge in [-0.05, 0) is 32.0 Å². The Labute approximate surface area is 111 Å². The monoisotopic (exact) mass is 267 g/mol. The highest BCUT2D eigenvalue weighted by Gasteiger charge is 2.20. The number of nitrogens with zero attached hydrogens (tertiary/aromatic N) is 1. The van der Waals surface area contributed by atoms with E-state index in [1.165, 1.54) is 17.0 Å². The highest BCUT2D eigenvalue weighted by molar-refractivity contribution is 5.98. The zero-order valence-electron chi connectivity index (χ0n) is 11.2. The number of hydrogen-bond donors (Lipinski definition) is 2. The summed E-state index contributed by atoms with van der Waals surface area (Å²) < 4.78 is 13.5. The largest absolute Gasteiger partial charge is 0.399 e. The summed E-state index contributed by atoms with van der Waals surface area (Å²) in [4.78, 5) is 25.1. The van der Waals surface area contributed by atoms with Crippen molar-refractivity contribution in [3.05, 3.63) is 29.6 Å². The van der Waals surface area contributed by atoms with Crippen LogP contribution in [0.1, 0.15) is 24.2 Å². The molecular formula is C13H18FN3O2. The first-order valence-electron chi connectivity index (χ1n) is 5.97. The van der Waals surface area contributed by atoms with E-state index in [2.05, 4.69) is 5.32 Å². The lowest BCUT2D eigenvalue weighted by atomic mass is 10.1. The number of carbonyl (C=O) groups excluding carboxylic acids is 2. The number of nitrogen functional groups attached to an aromatic ring is 1. The summed E-state index contributed by atoms with van der Waals surface area (Å²) in [6.45, 7) is 3.91. The molecule has 0 radical (unpaired) electrons. The molecule has 6 heteroatoms. The van der Waals surface area contributed by atoms with Gasteiger partial charge in [0.15, 0.2) is 0 Å². The smallest absolute Gasteiger partial charge is 0.254 e. The van der Waals surface area contributed by atoms with Crippen molar-refractivity contribution in [2.45, 2.75) is 19.9 Å². The summed E-state index contributed by atoms with van der Waals surface area (Å²) >= 11 is 0. The molecule has 0 aliphatic carbocycles. The van der Waals surface area contributed by atoms with Gasteiger partial charge in [-0.3, -0.25) is 9.59 Å². The van der Waals surface area contributed by atoms with Gasteiger partial charge in [-0.15, -0.1) is 0 Å². The molecule has 1 aromatic carbocycles. The predicted octanol–water partition coefficient (Wildman–Crippen LogP) is 1.00. The molecular weight excluding hydrogens is 249 g/mol. The molecule has 0 heterocycles. The van der Waals surface area contributed by atoms with E-state index in [9.17, 15) is 14.0 Å². The van der Waals surface area contributed by atoms with Crippen molar-refractivity contribution >= 4 is 17.5 Å². The van der Waals surface area contributed by atoms with Gasteiger partial charge in [-0.25, -0.2) is 4.39 Å². The predicted molar refractivity (Wildman–Crippen MR) is 71.1 cm³/mol. The number of rotatable bonds is 4. The average Bonchev–Trinajstić information content (AvgIpc) is 2.39. The van der Waals surface area contributed by atoms with Gasteiger partial charge in [0.1, 0.15) is 11.9 Å². The molecule has 5 nitrogen and oxygen atoms in total. The van der Waals surface area contributed by atoms with Gasteiger partial charge in [0.05, 0.1) is 5.56 Å². The van der Waals surface area contributed by atoms with Crippen molar-refractivity contribution in [1.29, 1.82) is 0 Å². The summed E-state index contributed by atoms with van der Waals surface area (Å²) in [6.07, 6.45) is 0. The van der Waals surface area contributed by atoms with E-state index >= 15 is 0 Å². The normalized spacial score (nSPS) is 11.8. The number of nitrogens with one attached hydrogen (secondary N) is 1. The summed E-state index contributed by atoms with van der Waals surface area (Å²) in [5.41, 5.74) is 5.62. The van der Waals surface area contributed by atoms with Crippen molar-refractivity contribution in [1.82, 2.24) is 10.2 Å². The zero-order chi connectivity index (χ0) is 14.6. The van der Waals surface area contributed by atoms with E-state index in [1.54, 1.807) is 14.0 Å². The van der Waals surface area contributed by atoms with Crippen LogP contribution in [0.4, 0.5) is 10.1 Å².